The zero-order chi connectivity index (χ0) is 14.6. The third kappa shape index (κ3) is 4.20. The Morgan fingerprint density at radius 2 is 2.05 bits per heavy atom. The highest BCUT2D eigenvalue weighted by atomic mass is 79.9. The van der Waals surface area contributed by atoms with Gasteiger partial charge in [0.15, 0.2) is 0 Å². The summed E-state index contributed by atoms with van der Waals surface area (Å²) in [6.07, 6.45) is 7.18. The second kappa shape index (κ2) is 6.57. The minimum atomic E-state index is -0.0537. The molecular formula is C17H22BrNO. The molecule has 1 aliphatic rings. The van der Waals surface area contributed by atoms with Gasteiger partial charge in [-0.1, -0.05) is 54.1 Å². The van der Waals surface area contributed by atoms with Crippen molar-refractivity contribution >= 4 is 21.8 Å². The largest absolute Gasteiger partial charge is 0.355 e. The van der Waals surface area contributed by atoms with Gasteiger partial charge in [0.2, 0.25) is 5.91 Å². The first kappa shape index (κ1) is 15.3. The molecule has 0 heterocycles. The fourth-order valence-electron chi connectivity index (χ4n) is 2.50. The van der Waals surface area contributed by atoms with Crippen molar-refractivity contribution in [1.29, 1.82) is 0 Å². The number of carbonyl (C=O) groups is 1. The molecule has 0 aromatic heterocycles. The summed E-state index contributed by atoms with van der Waals surface area (Å²) in [5.41, 5.74) is 1.18. The SMILES string of the molecule is CC(C)(CNC(=O)C[C@H]1C=CCC1)c1ccc(Br)cc1. The summed E-state index contributed by atoms with van der Waals surface area (Å²) in [5, 5.41) is 3.08. The van der Waals surface area contributed by atoms with Crippen molar-refractivity contribution < 1.29 is 4.79 Å². The highest BCUT2D eigenvalue weighted by Crippen LogP contribution is 2.24. The first-order valence-corrected chi connectivity index (χ1v) is 7.96. The zero-order valence-electron chi connectivity index (χ0n) is 12.2. The lowest BCUT2D eigenvalue weighted by molar-refractivity contribution is -0.121. The first-order valence-electron chi connectivity index (χ1n) is 7.17. The van der Waals surface area contributed by atoms with Crippen LogP contribution in [0.25, 0.3) is 0 Å². The molecule has 1 aromatic carbocycles. The van der Waals surface area contributed by atoms with E-state index in [0.717, 1.165) is 17.3 Å². The predicted molar refractivity (Wildman–Crippen MR) is 86.7 cm³/mol. The van der Waals surface area contributed by atoms with Gasteiger partial charge < -0.3 is 5.32 Å². The fourth-order valence-corrected chi connectivity index (χ4v) is 2.76. The Morgan fingerprint density at radius 3 is 2.65 bits per heavy atom. The Morgan fingerprint density at radius 1 is 1.35 bits per heavy atom. The van der Waals surface area contributed by atoms with E-state index >= 15 is 0 Å². The van der Waals surface area contributed by atoms with E-state index in [2.05, 4.69) is 59.4 Å². The number of nitrogens with one attached hydrogen (secondary N) is 1. The number of hydrogen-bond acceptors (Lipinski definition) is 1. The first-order chi connectivity index (χ1) is 9.47. The summed E-state index contributed by atoms with van der Waals surface area (Å²) in [4.78, 5) is 12.0. The van der Waals surface area contributed by atoms with E-state index in [9.17, 15) is 4.79 Å². The van der Waals surface area contributed by atoms with Crippen LogP contribution in [0.4, 0.5) is 0 Å². The Hall–Kier alpha value is -1.09. The molecule has 1 aromatic rings. The molecule has 2 nitrogen and oxygen atoms in total. The summed E-state index contributed by atoms with van der Waals surface area (Å²) >= 11 is 3.45. The van der Waals surface area contributed by atoms with Gasteiger partial charge in [0.05, 0.1) is 0 Å². The lowest BCUT2D eigenvalue weighted by Crippen LogP contribution is -2.37. The van der Waals surface area contributed by atoms with E-state index in [-0.39, 0.29) is 11.3 Å². The maximum Gasteiger partial charge on any atom is 0.220 e. The van der Waals surface area contributed by atoms with E-state index in [4.69, 9.17) is 0 Å². The molecule has 0 bridgehead atoms. The van der Waals surface area contributed by atoms with Gasteiger partial charge in [0, 0.05) is 22.9 Å². The highest BCUT2D eigenvalue weighted by Gasteiger charge is 2.22. The lowest BCUT2D eigenvalue weighted by atomic mass is 9.84. The minimum absolute atomic E-state index is 0.0537. The Balaban J connectivity index is 1.86. The van der Waals surface area contributed by atoms with Crippen LogP contribution in [0.3, 0.4) is 0 Å². The Bertz CT molecular complexity index is 490. The summed E-state index contributed by atoms with van der Waals surface area (Å²) in [7, 11) is 0. The minimum Gasteiger partial charge on any atom is -0.355 e. The van der Waals surface area contributed by atoms with Gasteiger partial charge in [-0.15, -0.1) is 0 Å². The van der Waals surface area contributed by atoms with Crippen molar-refractivity contribution in [2.45, 2.75) is 38.5 Å². The van der Waals surface area contributed by atoms with Crippen molar-refractivity contribution in [3.63, 3.8) is 0 Å². The van der Waals surface area contributed by atoms with Crippen LogP contribution in [0.1, 0.15) is 38.7 Å². The van der Waals surface area contributed by atoms with Crippen LogP contribution in [0, 0.1) is 5.92 Å². The zero-order valence-corrected chi connectivity index (χ0v) is 13.7. The normalized spacial score (nSPS) is 18.2. The molecule has 0 fully saturated rings. The number of allylic oxidation sites excluding steroid dienone is 2. The standard InChI is InChI=1S/C17H22BrNO/c1-17(2,14-7-9-15(18)10-8-14)12-19-16(20)11-13-5-3-4-6-13/h3,5,7-10,13H,4,6,11-12H2,1-2H3,(H,19,20)/t13-/m0/s1. The van der Waals surface area contributed by atoms with Crippen LogP contribution in [0.15, 0.2) is 40.9 Å². The van der Waals surface area contributed by atoms with Crippen molar-refractivity contribution in [3.8, 4) is 0 Å². The maximum atomic E-state index is 12.0. The van der Waals surface area contributed by atoms with E-state index in [1.807, 2.05) is 12.1 Å². The molecule has 20 heavy (non-hydrogen) atoms. The van der Waals surface area contributed by atoms with Crippen LogP contribution in [-0.2, 0) is 10.2 Å². The second-order valence-corrected chi connectivity index (χ2v) is 7.05. The molecule has 1 amide bonds. The predicted octanol–water partition coefficient (Wildman–Crippen LogP) is 4.20. The smallest absolute Gasteiger partial charge is 0.220 e. The van der Waals surface area contributed by atoms with Gasteiger partial charge in [-0.2, -0.15) is 0 Å². The van der Waals surface area contributed by atoms with Crippen molar-refractivity contribution in [1.82, 2.24) is 5.32 Å². The van der Waals surface area contributed by atoms with Crippen LogP contribution < -0.4 is 5.32 Å². The van der Waals surface area contributed by atoms with Gasteiger partial charge in [-0.05, 0) is 36.5 Å². The topological polar surface area (TPSA) is 29.1 Å². The third-order valence-corrected chi connectivity index (χ3v) is 4.44. The molecule has 2 rings (SSSR count). The van der Waals surface area contributed by atoms with Gasteiger partial charge in [0.25, 0.3) is 0 Å². The van der Waals surface area contributed by atoms with Crippen molar-refractivity contribution in [2.75, 3.05) is 6.54 Å². The van der Waals surface area contributed by atoms with E-state index in [0.29, 0.717) is 18.9 Å². The highest BCUT2D eigenvalue weighted by molar-refractivity contribution is 9.10. The number of amides is 1. The second-order valence-electron chi connectivity index (χ2n) is 6.14. The Labute approximate surface area is 129 Å². The van der Waals surface area contributed by atoms with Crippen LogP contribution in [0.2, 0.25) is 0 Å². The van der Waals surface area contributed by atoms with Crippen molar-refractivity contribution in [2.24, 2.45) is 5.92 Å². The number of hydrogen-bond donors (Lipinski definition) is 1. The Kier molecular flexibility index (Phi) is 5.03. The molecule has 3 heteroatoms. The molecule has 1 N–H and O–H groups in total. The molecule has 0 unspecified atom stereocenters. The summed E-state index contributed by atoms with van der Waals surface area (Å²) < 4.78 is 1.08. The lowest BCUT2D eigenvalue weighted by Gasteiger charge is -2.26. The number of rotatable bonds is 5. The van der Waals surface area contributed by atoms with Crippen LogP contribution in [-0.4, -0.2) is 12.5 Å². The van der Waals surface area contributed by atoms with Gasteiger partial charge in [-0.25, -0.2) is 0 Å². The van der Waals surface area contributed by atoms with E-state index in [1.165, 1.54) is 5.56 Å². The molecular weight excluding hydrogens is 314 g/mol. The monoisotopic (exact) mass is 335 g/mol. The average molecular weight is 336 g/mol. The summed E-state index contributed by atoms with van der Waals surface area (Å²) in [6.45, 7) is 4.99. The van der Waals surface area contributed by atoms with Gasteiger partial charge in [-0.3, -0.25) is 4.79 Å². The van der Waals surface area contributed by atoms with Crippen molar-refractivity contribution in [3.05, 3.63) is 46.5 Å². The molecule has 108 valence electrons. The molecule has 1 atom stereocenters. The average Bonchev–Trinajstić information content (AvgIpc) is 2.90. The number of halogens is 1. The maximum absolute atomic E-state index is 12.0. The number of carbonyl (C=O) groups excluding carboxylic acids is 1. The fraction of sp³-hybridized carbons (Fsp3) is 0.471. The molecule has 0 radical (unpaired) electrons. The van der Waals surface area contributed by atoms with E-state index in [1.54, 1.807) is 0 Å². The van der Waals surface area contributed by atoms with Crippen LogP contribution >= 0.6 is 15.9 Å². The molecule has 1 aliphatic carbocycles. The summed E-state index contributed by atoms with van der Waals surface area (Å²) in [5.74, 6) is 0.595. The quantitative estimate of drug-likeness (QED) is 0.802. The molecule has 0 saturated heterocycles. The molecule has 0 saturated carbocycles. The van der Waals surface area contributed by atoms with Gasteiger partial charge >= 0.3 is 0 Å². The third-order valence-electron chi connectivity index (χ3n) is 3.91. The number of benzene rings is 1. The van der Waals surface area contributed by atoms with Gasteiger partial charge in [0.1, 0.15) is 0 Å². The van der Waals surface area contributed by atoms with E-state index < -0.39 is 0 Å². The summed E-state index contributed by atoms with van der Waals surface area (Å²) in [6, 6.07) is 8.30. The molecule has 0 spiro atoms. The van der Waals surface area contributed by atoms with Crippen LogP contribution in [0.5, 0.6) is 0 Å². The molecule has 0 aliphatic heterocycles.